The van der Waals surface area contributed by atoms with Crippen LogP contribution in [0.1, 0.15) is 0 Å². The molecule has 96 valence electrons. The van der Waals surface area contributed by atoms with Crippen molar-refractivity contribution in [2.24, 2.45) is 0 Å². The van der Waals surface area contributed by atoms with E-state index in [0.29, 0.717) is 0 Å². The SMILES string of the molecule is COc1ccc(Sc2cc3nc[nH]c3cc2Cl)cc1. The summed E-state index contributed by atoms with van der Waals surface area (Å²) >= 11 is 7.89. The summed E-state index contributed by atoms with van der Waals surface area (Å²) in [6.45, 7) is 0. The normalized spacial score (nSPS) is 10.8. The van der Waals surface area contributed by atoms with Crippen LogP contribution in [0, 0.1) is 0 Å². The second-order valence-electron chi connectivity index (χ2n) is 3.98. The van der Waals surface area contributed by atoms with Crippen molar-refractivity contribution in [2.45, 2.75) is 9.79 Å². The van der Waals surface area contributed by atoms with Gasteiger partial charge in [0.15, 0.2) is 0 Å². The molecule has 0 saturated heterocycles. The molecule has 2 aromatic carbocycles. The lowest BCUT2D eigenvalue weighted by atomic mass is 10.3. The van der Waals surface area contributed by atoms with Gasteiger partial charge in [-0.2, -0.15) is 0 Å². The van der Waals surface area contributed by atoms with Crippen LogP contribution in [-0.2, 0) is 0 Å². The van der Waals surface area contributed by atoms with E-state index in [1.165, 1.54) is 0 Å². The van der Waals surface area contributed by atoms with Crippen LogP contribution >= 0.6 is 23.4 Å². The zero-order chi connectivity index (χ0) is 13.2. The highest BCUT2D eigenvalue weighted by atomic mass is 35.5. The van der Waals surface area contributed by atoms with Gasteiger partial charge in [0.1, 0.15) is 5.75 Å². The summed E-state index contributed by atoms with van der Waals surface area (Å²) in [5.74, 6) is 0.846. The summed E-state index contributed by atoms with van der Waals surface area (Å²) in [5, 5.41) is 0.720. The number of aromatic nitrogens is 2. The van der Waals surface area contributed by atoms with Crippen LogP contribution in [0.15, 0.2) is 52.5 Å². The van der Waals surface area contributed by atoms with E-state index in [9.17, 15) is 0 Å². The van der Waals surface area contributed by atoms with Crippen molar-refractivity contribution in [3.63, 3.8) is 0 Å². The monoisotopic (exact) mass is 290 g/mol. The van der Waals surface area contributed by atoms with Gasteiger partial charge < -0.3 is 9.72 Å². The number of hydrogen-bond acceptors (Lipinski definition) is 3. The number of methoxy groups -OCH3 is 1. The zero-order valence-corrected chi connectivity index (χ0v) is 11.8. The fourth-order valence-corrected chi connectivity index (χ4v) is 2.92. The molecule has 0 aliphatic carbocycles. The maximum absolute atomic E-state index is 6.28. The Labute approximate surface area is 120 Å². The molecular weight excluding hydrogens is 280 g/mol. The van der Waals surface area contributed by atoms with Gasteiger partial charge in [-0.15, -0.1) is 0 Å². The molecule has 0 amide bonds. The lowest BCUT2D eigenvalue weighted by molar-refractivity contribution is 0.414. The van der Waals surface area contributed by atoms with E-state index in [2.05, 4.69) is 9.97 Å². The van der Waals surface area contributed by atoms with Gasteiger partial charge in [0, 0.05) is 9.79 Å². The minimum Gasteiger partial charge on any atom is -0.497 e. The van der Waals surface area contributed by atoms with E-state index >= 15 is 0 Å². The predicted octanol–water partition coefficient (Wildman–Crippen LogP) is 4.38. The van der Waals surface area contributed by atoms with Crippen LogP contribution in [0.5, 0.6) is 5.75 Å². The highest BCUT2D eigenvalue weighted by molar-refractivity contribution is 7.99. The Kier molecular flexibility index (Phi) is 3.36. The summed E-state index contributed by atoms with van der Waals surface area (Å²) in [6, 6.07) is 11.8. The van der Waals surface area contributed by atoms with Gasteiger partial charge in [-0.1, -0.05) is 23.4 Å². The second-order valence-corrected chi connectivity index (χ2v) is 5.50. The number of hydrogen-bond donors (Lipinski definition) is 1. The number of fused-ring (bicyclic) bond motifs is 1. The van der Waals surface area contributed by atoms with Crippen LogP contribution in [0.25, 0.3) is 11.0 Å². The third-order valence-corrected chi connectivity index (χ3v) is 4.25. The number of rotatable bonds is 3. The Balaban J connectivity index is 1.92. The lowest BCUT2D eigenvalue weighted by Crippen LogP contribution is -1.82. The first-order chi connectivity index (χ1) is 9.26. The van der Waals surface area contributed by atoms with Gasteiger partial charge >= 0.3 is 0 Å². The fourth-order valence-electron chi connectivity index (χ4n) is 1.79. The number of H-pyrrole nitrogens is 1. The van der Waals surface area contributed by atoms with Crippen molar-refractivity contribution in [1.29, 1.82) is 0 Å². The quantitative estimate of drug-likeness (QED) is 0.778. The first kappa shape index (κ1) is 12.4. The molecule has 5 heteroatoms. The molecular formula is C14H11ClN2OS. The first-order valence-corrected chi connectivity index (χ1v) is 6.90. The Morgan fingerprint density at radius 3 is 2.74 bits per heavy atom. The minimum atomic E-state index is 0.720. The van der Waals surface area contributed by atoms with E-state index in [4.69, 9.17) is 16.3 Å². The van der Waals surface area contributed by atoms with Gasteiger partial charge in [0.05, 0.1) is 29.5 Å². The smallest absolute Gasteiger partial charge is 0.118 e. The molecule has 0 fully saturated rings. The van der Waals surface area contributed by atoms with Crippen molar-refractivity contribution in [3.05, 3.63) is 47.7 Å². The van der Waals surface area contributed by atoms with Crippen LogP contribution < -0.4 is 4.74 Å². The minimum absolute atomic E-state index is 0.720. The third-order valence-electron chi connectivity index (χ3n) is 2.76. The highest BCUT2D eigenvalue weighted by Crippen LogP contribution is 2.35. The molecule has 1 heterocycles. The molecule has 0 spiro atoms. The number of benzene rings is 2. The average Bonchev–Trinajstić information content (AvgIpc) is 2.87. The molecule has 3 nitrogen and oxygen atoms in total. The standard InChI is InChI=1S/C14H11ClN2OS/c1-18-9-2-4-10(5-3-9)19-14-7-13-12(6-11(14)15)16-8-17-13/h2-8H,1H3,(H,16,17). The van der Waals surface area contributed by atoms with E-state index < -0.39 is 0 Å². The number of ether oxygens (including phenoxy) is 1. The molecule has 3 aromatic rings. The van der Waals surface area contributed by atoms with Gasteiger partial charge in [0.2, 0.25) is 0 Å². The maximum atomic E-state index is 6.28. The number of imidazole rings is 1. The number of nitrogens with one attached hydrogen (secondary N) is 1. The first-order valence-electron chi connectivity index (χ1n) is 5.71. The van der Waals surface area contributed by atoms with E-state index in [1.54, 1.807) is 25.2 Å². The lowest BCUT2D eigenvalue weighted by Gasteiger charge is -2.05. The van der Waals surface area contributed by atoms with E-state index in [1.807, 2.05) is 36.4 Å². The predicted molar refractivity (Wildman–Crippen MR) is 78.2 cm³/mol. The van der Waals surface area contributed by atoms with E-state index in [0.717, 1.165) is 31.6 Å². The third kappa shape index (κ3) is 2.55. The molecule has 0 aliphatic rings. The van der Waals surface area contributed by atoms with Gasteiger partial charge in [-0.25, -0.2) is 4.98 Å². The number of aromatic amines is 1. The van der Waals surface area contributed by atoms with Crippen molar-refractivity contribution in [3.8, 4) is 5.75 Å². The van der Waals surface area contributed by atoms with Gasteiger partial charge in [0.25, 0.3) is 0 Å². The Morgan fingerprint density at radius 1 is 1.21 bits per heavy atom. The van der Waals surface area contributed by atoms with Crippen molar-refractivity contribution in [2.75, 3.05) is 7.11 Å². The van der Waals surface area contributed by atoms with Crippen LogP contribution in [0.3, 0.4) is 0 Å². The van der Waals surface area contributed by atoms with Crippen LogP contribution in [0.2, 0.25) is 5.02 Å². The topological polar surface area (TPSA) is 37.9 Å². The van der Waals surface area contributed by atoms with Gasteiger partial charge in [-0.3, -0.25) is 0 Å². The van der Waals surface area contributed by atoms with Crippen molar-refractivity contribution < 1.29 is 4.74 Å². The second kappa shape index (κ2) is 5.15. The molecule has 0 unspecified atom stereocenters. The Hall–Kier alpha value is -1.65. The molecule has 0 saturated carbocycles. The molecule has 1 N–H and O–H groups in total. The number of nitrogens with zero attached hydrogens (tertiary/aromatic N) is 1. The highest BCUT2D eigenvalue weighted by Gasteiger charge is 2.07. The largest absolute Gasteiger partial charge is 0.497 e. The molecule has 0 bridgehead atoms. The molecule has 0 atom stereocenters. The Morgan fingerprint density at radius 2 is 2.00 bits per heavy atom. The maximum Gasteiger partial charge on any atom is 0.118 e. The molecule has 19 heavy (non-hydrogen) atoms. The number of halogens is 1. The summed E-state index contributed by atoms with van der Waals surface area (Å²) < 4.78 is 5.14. The zero-order valence-electron chi connectivity index (χ0n) is 10.2. The van der Waals surface area contributed by atoms with Gasteiger partial charge in [-0.05, 0) is 36.4 Å². The fraction of sp³-hybridized carbons (Fsp3) is 0.0714. The summed E-state index contributed by atoms with van der Waals surface area (Å²) in [6.07, 6.45) is 1.67. The van der Waals surface area contributed by atoms with Crippen LogP contribution in [-0.4, -0.2) is 17.1 Å². The van der Waals surface area contributed by atoms with Crippen LogP contribution in [0.4, 0.5) is 0 Å². The van der Waals surface area contributed by atoms with Crippen molar-refractivity contribution >= 4 is 34.4 Å². The van der Waals surface area contributed by atoms with Crippen molar-refractivity contribution in [1.82, 2.24) is 9.97 Å². The molecule has 0 aliphatic heterocycles. The summed E-state index contributed by atoms with van der Waals surface area (Å²) in [4.78, 5) is 9.39. The summed E-state index contributed by atoms with van der Waals surface area (Å²) in [5.41, 5.74) is 1.87. The average molecular weight is 291 g/mol. The Bertz CT molecular complexity index is 709. The van der Waals surface area contributed by atoms with E-state index in [-0.39, 0.29) is 0 Å². The molecule has 1 aromatic heterocycles. The molecule has 3 rings (SSSR count). The summed E-state index contributed by atoms with van der Waals surface area (Å²) in [7, 11) is 1.66. The molecule has 0 radical (unpaired) electrons.